The summed E-state index contributed by atoms with van der Waals surface area (Å²) >= 11 is 0. The molecular weight excluding hydrogens is 320 g/mol. The Morgan fingerprint density at radius 2 is 2.16 bits per heavy atom. The van der Waals surface area contributed by atoms with Gasteiger partial charge in [-0.1, -0.05) is 11.3 Å². The minimum absolute atomic E-state index is 0.116. The molecule has 8 nitrogen and oxygen atoms in total. The summed E-state index contributed by atoms with van der Waals surface area (Å²) in [5, 5.41) is 7.66. The van der Waals surface area contributed by atoms with Gasteiger partial charge in [0, 0.05) is 44.6 Å². The molecule has 1 amide bonds. The van der Waals surface area contributed by atoms with Crippen molar-refractivity contribution in [3.63, 3.8) is 0 Å². The molecule has 25 heavy (non-hydrogen) atoms. The summed E-state index contributed by atoms with van der Waals surface area (Å²) < 4.78 is 7.37. The van der Waals surface area contributed by atoms with Crippen molar-refractivity contribution < 1.29 is 9.21 Å². The van der Waals surface area contributed by atoms with E-state index in [1.807, 2.05) is 19.2 Å². The molecule has 0 spiro atoms. The largest absolute Gasteiger partial charge is 0.454 e. The molecule has 0 atom stereocenters. The average molecular weight is 338 g/mol. The van der Waals surface area contributed by atoms with Crippen molar-refractivity contribution in [1.29, 1.82) is 0 Å². The van der Waals surface area contributed by atoms with E-state index in [0.717, 1.165) is 17.9 Å². The van der Waals surface area contributed by atoms with E-state index in [4.69, 9.17) is 4.42 Å². The third-order valence-electron chi connectivity index (χ3n) is 4.25. The van der Waals surface area contributed by atoms with Gasteiger partial charge in [-0.2, -0.15) is 0 Å². The summed E-state index contributed by atoms with van der Waals surface area (Å²) in [6.45, 7) is 2.31. The van der Waals surface area contributed by atoms with Crippen LogP contribution in [0.4, 0.5) is 5.82 Å². The lowest BCUT2D eigenvalue weighted by Crippen LogP contribution is -2.34. The minimum atomic E-state index is -0.116. The first-order valence-corrected chi connectivity index (χ1v) is 8.08. The number of hydrogen-bond acceptors (Lipinski definition) is 6. The smallest absolute Gasteiger partial charge is 0.289 e. The fourth-order valence-corrected chi connectivity index (χ4v) is 2.94. The first-order chi connectivity index (χ1) is 12.2. The molecule has 4 rings (SSSR count). The molecule has 0 fully saturated rings. The normalized spacial score (nSPS) is 14.3. The second-order valence-electron chi connectivity index (χ2n) is 6.00. The fourth-order valence-electron chi connectivity index (χ4n) is 2.94. The number of carbonyl (C=O) groups excluding carboxylic acids is 1. The summed E-state index contributed by atoms with van der Waals surface area (Å²) in [5.41, 5.74) is 1.03. The number of anilines is 1. The van der Waals surface area contributed by atoms with Crippen LogP contribution < -0.4 is 4.90 Å². The van der Waals surface area contributed by atoms with Gasteiger partial charge in [-0.25, -0.2) is 9.67 Å². The number of aromatic nitrogens is 4. The van der Waals surface area contributed by atoms with E-state index in [9.17, 15) is 4.79 Å². The highest BCUT2D eigenvalue weighted by Crippen LogP contribution is 2.22. The molecule has 3 aromatic rings. The van der Waals surface area contributed by atoms with E-state index in [1.165, 1.54) is 0 Å². The van der Waals surface area contributed by atoms with Crippen LogP contribution in [0.3, 0.4) is 0 Å². The SMILES string of the molecule is CN1CCN(C(=O)c2ccc(Cn3ccnn3)o2)Cc2cccnc21. The number of rotatable bonds is 3. The van der Waals surface area contributed by atoms with Crippen molar-refractivity contribution in [2.45, 2.75) is 13.1 Å². The fraction of sp³-hybridized carbons (Fsp3) is 0.294. The van der Waals surface area contributed by atoms with Crippen LogP contribution in [0.5, 0.6) is 0 Å². The molecular formula is C17H18N6O2. The lowest BCUT2D eigenvalue weighted by atomic mass is 10.2. The molecule has 0 unspecified atom stereocenters. The summed E-state index contributed by atoms with van der Waals surface area (Å²) in [7, 11) is 1.99. The Hall–Kier alpha value is -3.16. The molecule has 0 N–H and O–H groups in total. The highest BCUT2D eigenvalue weighted by atomic mass is 16.4. The molecule has 128 valence electrons. The highest BCUT2D eigenvalue weighted by molar-refractivity contribution is 5.91. The van der Waals surface area contributed by atoms with Crippen molar-refractivity contribution >= 4 is 11.7 Å². The van der Waals surface area contributed by atoms with E-state index in [1.54, 1.807) is 40.3 Å². The van der Waals surface area contributed by atoms with Crippen LogP contribution in [0.1, 0.15) is 21.9 Å². The first-order valence-electron chi connectivity index (χ1n) is 8.08. The van der Waals surface area contributed by atoms with E-state index in [0.29, 0.717) is 31.2 Å². The topological polar surface area (TPSA) is 80.3 Å². The third kappa shape index (κ3) is 3.10. The molecule has 0 saturated heterocycles. The Morgan fingerprint density at radius 3 is 3.00 bits per heavy atom. The van der Waals surface area contributed by atoms with Crippen LogP contribution in [0.25, 0.3) is 0 Å². The zero-order valence-corrected chi connectivity index (χ0v) is 13.9. The van der Waals surface area contributed by atoms with E-state index < -0.39 is 0 Å². The number of nitrogens with zero attached hydrogens (tertiary/aromatic N) is 6. The predicted octanol–water partition coefficient (Wildman–Crippen LogP) is 1.41. The summed E-state index contributed by atoms with van der Waals surface area (Å²) in [5.74, 6) is 1.81. The van der Waals surface area contributed by atoms with Crippen LogP contribution >= 0.6 is 0 Å². The maximum atomic E-state index is 12.8. The number of carbonyl (C=O) groups is 1. The van der Waals surface area contributed by atoms with E-state index >= 15 is 0 Å². The van der Waals surface area contributed by atoms with Crippen LogP contribution in [-0.4, -0.2) is 50.9 Å². The lowest BCUT2D eigenvalue weighted by Gasteiger charge is -2.19. The summed E-state index contributed by atoms with van der Waals surface area (Å²) in [6.07, 6.45) is 5.13. The average Bonchev–Trinajstić information content (AvgIpc) is 3.27. The highest BCUT2D eigenvalue weighted by Gasteiger charge is 2.24. The van der Waals surface area contributed by atoms with Gasteiger partial charge in [-0.05, 0) is 18.2 Å². The predicted molar refractivity (Wildman–Crippen MR) is 90.1 cm³/mol. The quantitative estimate of drug-likeness (QED) is 0.718. The van der Waals surface area contributed by atoms with Crippen molar-refractivity contribution in [2.75, 3.05) is 25.0 Å². The van der Waals surface area contributed by atoms with Crippen LogP contribution in [0.15, 0.2) is 47.3 Å². The van der Waals surface area contributed by atoms with Crippen molar-refractivity contribution in [1.82, 2.24) is 24.9 Å². The Morgan fingerprint density at radius 1 is 1.24 bits per heavy atom. The Balaban J connectivity index is 1.52. The monoisotopic (exact) mass is 338 g/mol. The van der Waals surface area contributed by atoms with Gasteiger partial charge in [-0.3, -0.25) is 4.79 Å². The molecule has 1 aliphatic rings. The van der Waals surface area contributed by atoms with Crippen LogP contribution in [0.2, 0.25) is 0 Å². The van der Waals surface area contributed by atoms with Gasteiger partial charge in [0.15, 0.2) is 5.76 Å². The molecule has 0 radical (unpaired) electrons. The lowest BCUT2D eigenvalue weighted by molar-refractivity contribution is 0.0717. The maximum absolute atomic E-state index is 12.8. The summed E-state index contributed by atoms with van der Waals surface area (Å²) in [4.78, 5) is 21.1. The molecule has 4 heterocycles. The van der Waals surface area contributed by atoms with Gasteiger partial charge in [0.25, 0.3) is 5.91 Å². The number of likely N-dealkylation sites (N-methyl/N-ethyl adjacent to an activating group) is 1. The number of pyridine rings is 1. The van der Waals surface area contributed by atoms with E-state index in [-0.39, 0.29) is 5.91 Å². The maximum Gasteiger partial charge on any atom is 0.289 e. The van der Waals surface area contributed by atoms with Crippen molar-refractivity contribution in [2.24, 2.45) is 0 Å². The van der Waals surface area contributed by atoms with E-state index in [2.05, 4.69) is 20.2 Å². The standard InChI is InChI=1S/C17H18N6O2/c1-21-9-10-22(11-13-3-2-6-18-16(13)21)17(24)15-5-4-14(25-15)12-23-8-7-19-20-23/h2-8H,9-12H2,1H3. The number of amides is 1. The number of hydrogen-bond donors (Lipinski definition) is 0. The molecule has 0 aromatic carbocycles. The number of furan rings is 1. The Kier molecular flexibility index (Phi) is 3.93. The summed E-state index contributed by atoms with van der Waals surface area (Å²) in [6, 6.07) is 7.41. The third-order valence-corrected chi connectivity index (χ3v) is 4.25. The Labute approximate surface area is 144 Å². The molecule has 8 heteroatoms. The van der Waals surface area contributed by atoms with Gasteiger partial charge in [0.05, 0.1) is 6.20 Å². The zero-order chi connectivity index (χ0) is 17.2. The van der Waals surface area contributed by atoms with Crippen molar-refractivity contribution in [3.05, 3.63) is 59.9 Å². The van der Waals surface area contributed by atoms with Gasteiger partial charge in [0.1, 0.15) is 18.1 Å². The van der Waals surface area contributed by atoms with Gasteiger partial charge < -0.3 is 14.2 Å². The zero-order valence-electron chi connectivity index (χ0n) is 13.9. The first kappa shape index (κ1) is 15.4. The molecule has 0 bridgehead atoms. The molecule has 3 aromatic heterocycles. The molecule has 1 aliphatic heterocycles. The van der Waals surface area contributed by atoms with Gasteiger partial charge in [-0.15, -0.1) is 5.10 Å². The molecule has 0 saturated carbocycles. The van der Waals surface area contributed by atoms with Crippen molar-refractivity contribution in [3.8, 4) is 0 Å². The second kappa shape index (κ2) is 6.39. The van der Waals surface area contributed by atoms with Gasteiger partial charge >= 0.3 is 0 Å². The van der Waals surface area contributed by atoms with Crippen LogP contribution in [0, 0.1) is 0 Å². The second-order valence-corrected chi connectivity index (χ2v) is 6.00. The van der Waals surface area contributed by atoms with Crippen LogP contribution in [-0.2, 0) is 13.1 Å². The minimum Gasteiger partial charge on any atom is -0.454 e. The van der Waals surface area contributed by atoms with Gasteiger partial charge in [0.2, 0.25) is 0 Å². The Bertz CT molecular complexity index is 873. The molecule has 0 aliphatic carbocycles. The number of fused-ring (bicyclic) bond motifs is 1.